The Morgan fingerprint density at radius 3 is 1.60 bits per heavy atom. The van der Waals surface area contributed by atoms with E-state index in [1.54, 1.807) is 7.11 Å². The third-order valence-electron chi connectivity index (χ3n) is 3.20. The fourth-order valence-corrected chi connectivity index (χ4v) is 2.09. The maximum absolute atomic E-state index is 5.17. The summed E-state index contributed by atoms with van der Waals surface area (Å²) < 4.78 is 5.17. The smallest absolute Gasteiger partial charge is 0.118 e. The van der Waals surface area contributed by atoms with E-state index in [1.807, 2.05) is 24.5 Å². The van der Waals surface area contributed by atoms with Crippen molar-refractivity contribution < 1.29 is 4.74 Å². The van der Waals surface area contributed by atoms with Gasteiger partial charge in [-0.25, -0.2) is 9.97 Å². The van der Waals surface area contributed by atoms with E-state index in [-0.39, 0.29) is 0 Å². The first-order chi connectivity index (χ1) is 9.86. The minimum Gasteiger partial charge on any atom is -0.497 e. The third-order valence-corrected chi connectivity index (χ3v) is 3.20. The Hall–Kier alpha value is -2.68. The molecule has 3 aromatic rings. The van der Waals surface area contributed by atoms with Crippen molar-refractivity contribution in [2.24, 2.45) is 0 Å². The minimum atomic E-state index is 0.867. The standard InChI is InChI=1S/C17H14N2O/c1-20-17-8-6-14(7-9-17)13-2-4-15(5-3-13)16-10-18-12-19-11-16/h2-12H,1H3. The van der Waals surface area contributed by atoms with Gasteiger partial charge in [-0.2, -0.15) is 0 Å². The van der Waals surface area contributed by atoms with Gasteiger partial charge in [0, 0.05) is 18.0 Å². The lowest BCUT2D eigenvalue weighted by atomic mass is 10.0. The second kappa shape index (κ2) is 5.53. The zero-order valence-electron chi connectivity index (χ0n) is 11.2. The largest absolute Gasteiger partial charge is 0.497 e. The SMILES string of the molecule is COc1ccc(-c2ccc(-c3cncnc3)cc2)cc1. The van der Waals surface area contributed by atoms with Gasteiger partial charge in [-0.05, 0) is 28.8 Å². The molecule has 2 aromatic carbocycles. The van der Waals surface area contributed by atoms with Crippen molar-refractivity contribution in [2.75, 3.05) is 7.11 Å². The predicted octanol–water partition coefficient (Wildman–Crippen LogP) is 3.82. The van der Waals surface area contributed by atoms with Crippen molar-refractivity contribution in [2.45, 2.75) is 0 Å². The molecule has 0 unspecified atom stereocenters. The van der Waals surface area contributed by atoms with Crippen molar-refractivity contribution in [1.82, 2.24) is 9.97 Å². The lowest BCUT2D eigenvalue weighted by Crippen LogP contribution is -1.84. The maximum atomic E-state index is 5.17. The molecule has 98 valence electrons. The Bertz CT molecular complexity index is 676. The molecule has 1 aromatic heterocycles. The van der Waals surface area contributed by atoms with E-state index in [2.05, 4.69) is 46.4 Å². The van der Waals surface area contributed by atoms with Crippen LogP contribution < -0.4 is 4.74 Å². The molecule has 0 aliphatic carbocycles. The highest BCUT2D eigenvalue weighted by molar-refractivity contribution is 5.69. The normalized spacial score (nSPS) is 10.2. The first-order valence-corrected chi connectivity index (χ1v) is 6.37. The van der Waals surface area contributed by atoms with E-state index < -0.39 is 0 Å². The highest BCUT2D eigenvalue weighted by Crippen LogP contribution is 2.25. The van der Waals surface area contributed by atoms with Crippen LogP contribution in [0.3, 0.4) is 0 Å². The lowest BCUT2D eigenvalue weighted by Gasteiger charge is -2.05. The number of nitrogens with zero attached hydrogens (tertiary/aromatic N) is 2. The zero-order valence-corrected chi connectivity index (χ0v) is 11.2. The van der Waals surface area contributed by atoms with Crippen molar-refractivity contribution in [3.8, 4) is 28.0 Å². The summed E-state index contributed by atoms with van der Waals surface area (Å²) in [5.41, 5.74) is 4.48. The number of aromatic nitrogens is 2. The molecule has 0 radical (unpaired) electrons. The van der Waals surface area contributed by atoms with Crippen LogP contribution in [0, 0.1) is 0 Å². The summed E-state index contributed by atoms with van der Waals surface area (Å²) in [4.78, 5) is 8.07. The van der Waals surface area contributed by atoms with Crippen molar-refractivity contribution in [1.29, 1.82) is 0 Å². The van der Waals surface area contributed by atoms with Crippen molar-refractivity contribution in [3.63, 3.8) is 0 Å². The van der Waals surface area contributed by atoms with Crippen LogP contribution in [0.25, 0.3) is 22.3 Å². The summed E-state index contributed by atoms with van der Waals surface area (Å²) >= 11 is 0. The van der Waals surface area contributed by atoms with Gasteiger partial charge in [-0.1, -0.05) is 36.4 Å². The van der Waals surface area contributed by atoms with Crippen LogP contribution in [0.1, 0.15) is 0 Å². The van der Waals surface area contributed by atoms with Gasteiger partial charge < -0.3 is 4.74 Å². The molecule has 0 saturated carbocycles. The maximum Gasteiger partial charge on any atom is 0.118 e. The molecule has 3 nitrogen and oxygen atoms in total. The van der Waals surface area contributed by atoms with E-state index in [0.29, 0.717) is 0 Å². The zero-order chi connectivity index (χ0) is 13.8. The fraction of sp³-hybridized carbons (Fsp3) is 0.0588. The fourth-order valence-electron chi connectivity index (χ4n) is 2.09. The highest BCUT2D eigenvalue weighted by Gasteiger charge is 2.01. The molecule has 0 N–H and O–H groups in total. The van der Waals surface area contributed by atoms with E-state index in [0.717, 1.165) is 16.9 Å². The molecule has 1 heterocycles. The number of rotatable bonds is 3. The number of ether oxygens (including phenoxy) is 1. The highest BCUT2D eigenvalue weighted by atomic mass is 16.5. The minimum absolute atomic E-state index is 0.867. The van der Waals surface area contributed by atoms with Crippen LogP contribution in [0.5, 0.6) is 5.75 Å². The summed E-state index contributed by atoms with van der Waals surface area (Å²) in [6, 6.07) is 16.4. The molecule has 0 aliphatic heterocycles. The van der Waals surface area contributed by atoms with Crippen molar-refractivity contribution >= 4 is 0 Å². The average molecular weight is 262 g/mol. The van der Waals surface area contributed by atoms with Crippen LogP contribution in [0.15, 0.2) is 67.3 Å². The lowest BCUT2D eigenvalue weighted by molar-refractivity contribution is 0.415. The van der Waals surface area contributed by atoms with Gasteiger partial charge in [0.15, 0.2) is 0 Å². The molecule has 20 heavy (non-hydrogen) atoms. The third kappa shape index (κ3) is 2.52. The Labute approximate surface area is 117 Å². The summed E-state index contributed by atoms with van der Waals surface area (Å²) in [5.74, 6) is 0.867. The summed E-state index contributed by atoms with van der Waals surface area (Å²) in [6.45, 7) is 0. The van der Waals surface area contributed by atoms with Crippen LogP contribution >= 0.6 is 0 Å². The van der Waals surface area contributed by atoms with Gasteiger partial charge in [-0.3, -0.25) is 0 Å². The average Bonchev–Trinajstić information content (AvgIpc) is 2.56. The number of hydrogen-bond donors (Lipinski definition) is 0. The second-order valence-electron chi connectivity index (χ2n) is 4.43. The number of benzene rings is 2. The van der Waals surface area contributed by atoms with Crippen LogP contribution in [-0.4, -0.2) is 17.1 Å². The van der Waals surface area contributed by atoms with Crippen LogP contribution in [-0.2, 0) is 0 Å². The van der Waals surface area contributed by atoms with Gasteiger partial charge in [0.25, 0.3) is 0 Å². The quantitative estimate of drug-likeness (QED) is 0.719. The Morgan fingerprint density at radius 2 is 1.10 bits per heavy atom. The molecule has 3 heteroatoms. The molecule has 0 spiro atoms. The Morgan fingerprint density at radius 1 is 0.650 bits per heavy atom. The first kappa shape index (κ1) is 12.4. The predicted molar refractivity (Wildman–Crippen MR) is 79.5 cm³/mol. The van der Waals surface area contributed by atoms with Gasteiger partial charge in [-0.15, -0.1) is 0 Å². The molecule has 0 saturated heterocycles. The van der Waals surface area contributed by atoms with Crippen LogP contribution in [0.4, 0.5) is 0 Å². The van der Waals surface area contributed by atoms with Gasteiger partial charge in [0.2, 0.25) is 0 Å². The Kier molecular flexibility index (Phi) is 3.42. The van der Waals surface area contributed by atoms with E-state index in [9.17, 15) is 0 Å². The Balaban J connectivity index is 1.89. The van der Waals surface area contributed by atoms with Gasteiger partial charge in [0.1, 0.15) is 12.1 Å². The molecular formula is C17H14N2O. The number of methoxy groups -OCH3 is 1. The number of hydrogen-bond acceptors (Lipinski definition) is 3. The molecular weight excluding hydrogens is 248 g/mol. The van der Waals surface area contributed by atoms with E-state index >= 15 is 0 Å². The van der Waals surface area contributed by atoms with E-state index in [4.69, 9.17) is 4.74 Å². The molecule has 0 fully saturated rings. The van der Waals surface area contributed by atoms with E-state index in [1.165, 1.54) is 17.5 Å². The molecule has 3 rings (SSSR count). The second-order valence-corrected chi connectivity index (χ2v) is 4.43. The molecule has 0 aliphatic rings. The van der Waals surface area contributed by atoms with Gasteiger partial charge in [0.05, 0.1) is 7.11 Å². The van der Waals surface area contributed by atoms with Gasteiger partial charge >= 0.3 is 0 Å². The molecule has 0 bridgehead atoms. The topological polar surface area (TPSA) is 35.0 Å². The molecule has 0 amide bonds. The van der Waals surface area contributed by atoms with Crippen LogP contribution in [0.2, 0.25) is 0 Å². The summed E-state index contributed by atoms with van der Waals surface area (Å²) in [7, 11) is 1.67. The monoisotopic (exact) mass is 262 g/mol. The summed E-state index contributed by atoms with van der Waals surface area (Å²) in [6.07, 6.45) is 5.17. The molecule has 0 atom stereocenters. The summed E-state index contributed by atoms with van der Waals surface area (Å²) in [5, 5.41) is 0. The van der Waals surface area contributed by atoms with Crippen molar-refractivity contribution in [3.05, 3.63) is 67.3 Å². The first-order valence-electron chi connectivity index (χ1n) is 6.37.